The summed E-state index contributed by atoms with van der Waals surface area (Å²) in [6, 6.07) is 18.9. The average molecular weight is 434 g/mol. The van der Waals surface area contributed by atoms with Crippen LogP contribution in [0.25, 0.3) is 26.8 Å². The summed E-state index contributed by atoms with van der Waals surface area (Å²) in [5.74, 6) is -0.364. The fourth-order valence-corrected chi connectivity index (χ4v) is 4.27. The number of carbonyl (C=O) groups is 1. The first-order chi connectivity index (χ1) is 14.9. The lowest BCUT2D eigenvalue weighted by Crippen LogP contribution is -2.28. The van der Waals surface area contributed by atoms with Crippen LogP contribution in [0.5, 0.6) is 0 Å². The molecule has 0 bridgehead atoms. The summed E-state index contributed by atoms with van der Waals surface area (Å²) in [5.41, 5.74) is 3.11. The van der Waals surface area contributed by atoms with Crippen molar-refractivity contribution >= 4 is 39.3 Å². The molecule has 0 aliphatic rings. The van der Waals surface area contributed by atoms with Crippen molar-refractivity contribution in [1.29, 1.82) is 5.26 Å². The SMILES string of the molecule is CCOCCNC(=O)/C(C#N)=C(\C)c1ccc(-c2ccc3cc(N(C)C)ccc3c2)s1. The first-order valence-corrected chi connectivity index (χ1v) is 11.0. The maximum atomic E-state index is 12.4. The third kappa shape index (κ3) is 5.32. The molecule has 2 aromatic carbocycles. The molecule has 0 spiro atoms. The van der Waals surface area contributed by atoms with Gasteiger partial charge in [-0.1, -0.05) is 18.2 Å². The van der Waals surface area contributed by atoms with E-state index in [4.69, 9.17) is 4.74 Å². The van der Waals surface area contributed by atoms with Crippen molar-refractivity contribution in [2.75, 3.05) is 38.8 Å². The van der Waals surface area contributed by atoms with Crippen LogP contribution in [-0.4, -0.2) is 39.8 Å². The maximum Gasteiger partial charge on any atom is 0.262 e. The second kappa shape index (κ2) is 10.3. The lowest BCUT2D eigenvalue weighted by Gasteiger charge is -2.13. The van der Waals surface area contributed by atoms with Crippen LogP contribution in [0.15, 0.2) is 54.1 Å². The molecule has 1 N–H and O–H groups in total. The molecule has 5 nitrogen and oxygen atoms in total. The van der Waals surface area contributed by atoms with Crippen molar-refractivity contribution in [3.05, 3.63) is 59.0 Å². The first kappa shape index (κ1) is 22.5. The molecule has 6 heteroatoms. The van der Waals surface area contributed by atoms with E-state index in [1.807, 2.05) is 40.1 Å². The van der Waals surface area contributed by atoms with E-state index in [0.717, 1.165) is 15.3 Å². The Labute approximate surface area is 187 Å². The van der Waals surface area contributed by atoms with Gasteiger partial charge >= 0.3 is 0 Å². The van der Waals surface area contributed by atoms with Crippen molar-refractivity contribution in [2.24, 2.45) is 0 Å². The van der Waals surface area contributed by atoms with Gasteiger partial charge in [-0.3, -0.25) is 4.79 Å². The van der Waals surface area contributed by atoms with E-state index >= 15 is 0 Å². The normalized spacial score (nSPS) is 11.7. The van der Waals surface area contributed by atoms with Crippen molar-refractivity contribution in [2.45, 2.75) is 13.8 Å². The number of allylic oxidation sites excluding steroid dienone is 1. The van der Waals surface area contributed by atoms with E-state index in [2.05, 4.69) is 52.7 Å². The minimum Gasteiger partial charge on any atom is -0.380 e. The van der Waals surface area contributed by atoms with Crippen molar-refractivity contribution in [3.63, 3.8) is 0 Å². The molecule has 0 unspecified atom stereocenters. The predicted octanol–water partition coefficient (Wildman–Crippen LogP) is 5.08. The van der Waals surface area contributed by atoms with Gasteiger partial charge in [0, 0.05) is 42.7 Å². The van der Waals surface area contributed by atoms with E-state index in [1.54, 1.807) is 11.3 Å². The van der Waals surface area contributed by atoms with Crippen LogP contribution in [0, 0.1) is 11.3 Å². The molecule has 3 rings (SSSR count). The molecule has 0 aliphatic carbocycles. The number of carbonyl (C=O) groups excluding carboxylic acids is 1. The van der Waals surface area contributed by atoms with Crippen molar-refractivity contribution < 1.29 is 9.53 Å². The summed E-state index contributed by atoms with van der Waals surface area (Å²) in [4.78, 5) is 16.5. The summed E-state index contributed by atoms with van der Waals surface area (Å²) in [7, 11) is 4.07. The first-order valence-electron chi connectivity index (χ1n) is 10.2. The Morgan fingerprint density at radius 3 is 2.58 bits per heavy atom. The molecule has 0 radical (unpaired) electrons. The highest BCUT2D eigenvalue weighted by molar-refractivity contribution is 7.16. The molecular formula is C25H27N3O2S. The minimum absolute atomic E-state index is 0.139. The molecule has 31 heavy (non-hydrogen) atoms. The Kier molecular flexibility index (Phi) is 7.45. The number of ether oxygens (including phenoxy) is 1. The smallest absolute Gasteiger partial charge is 0.262 e. The lowest BCUT2D eigenvalue weighted by molar-refractivity contribution is -0.117. The number of nitriles is 1. The molecule has 3 aromatic rings. The summed E-state index contributed by atoms with van der Waals surface area (Å²) < 4.78 is 5.23. The molecule has 1 heterocycles. The average Bonchev–Trinajstić information content (AvgIpc) is 3.26. The second-order valence-electron chi connectivity index (χ2n) is 7.37. The number of amides is 1. The second-order valence-corrected chi connectivity index (χ2v) is 8.45. The number of nitrogens with one attached hydrogen (secondary N) is 1. The molecule has 160 valence electrons. The van der Waals surface area contributed by atoms with Gasteiger partial charge in [-0.2, -0.15) is 5.26 Å². The van der Waals surface area contributed by atoms with E-state index < -0.39 is 0 Å². The van der Waals surface area contributed by atoms with Gasteiger partial charge in [-0.05, 0) is 66.1 Å². The summed E-state index contributed by atoms with van der Waals surface area (Å²) >= 11 is 1.58. The van der Waals surface area contributed by atoms with Crippen LogP contribution in [0.1, 0.15) is 18.7 Å². The Morgan fingerprint density at radius 1 is 1.13 bits per heavy atom. The number of hydrogen-bond donors (Lipinski definition) is 1. The summed E-state index contributed by atoms with van der Waals surface area (Å²) in [6.07, 6.45) is 0. The summed E-state index contributed by atoms with van der Waals surface area (Å²) in [5, 5.41) is 14.7. The molecular weight excluding hydrogens is 406 g/mol. The van der Waals surface area contributed by atoms with Crippen molar-refractivity contribution in [1.82, 2.24) is 5.32 Å². The highest BCUT2D eigenvalue weighted by atomic mass is 32.1. The van der Waals surface area contributed by atoms with Gasteiger partial charge in [0.15, 0.2) is 0 Å². The number of thiophene rings is 1. The quantitative estimate of drug-likeness (QED) is 0.305. The molecule has 0 saturated carbocycles. The fraction of sp³-hybridized carbons (Fsp3) is 0.280. The van der Waals surface area contributed by atoms with Gasteiger partial charge in [0.1, 0.15) is 11.6 Å². The standard InChI is InChI=1S/C25H27N3O2S/c1-5-30-13-12-27-25(29)22(16-26)17(2)23-10-11-24(31-23)20-7-6-19-15-21(28(3)4)9-8-18(19)14-20/h6-11,14-15H,5,12-13H2,1-4H3,(H,27,29)/b22-17+. The van der Waals surface area contributed by atoms with Gasteiger partial charge in [0.2, 0.25) is 0 Å². The van der Waals surface area contributed by atoms with E-state index in [0.29, 0.717) is 25.3 Å². The zero-order chi connectivity index (χ0) is 22.4. The zero-order valence-corrected chi connectivity index (χ0v) is 19.2. The van der Waals surface area contributed by atoms with Gasteiger partial charge in [0.05, 0.1) is 6.61 Å². The number of nitrogens with zero attached hydrogens (tertiary/aromatic N) is 2. The highest BCUT2D eigenvalue weighted by Gasteiger charge is 2.15. The molecule has 0 aliphatic heterocycles. The maximum absolute atomic E-state index is 12.4. The zero-order valence-electron chi connectivity index (χ0n) is 18.4. The molecule has 0 atom stereocenters. The topological polar surface area (TPSA) is 65.4 Å². The third-order valence-corrected chi connectivity index (χ3v) is 6.30. The van der Waals surface area contributed by atoms with Crippen molar-refractivity contribution in [3.8, 4) is 16.5 Å². The largest absolute Gasteiger partial charge is 0.380 e. The van der Waals surface area contributed by atoms with Crippen LogP contribution in [-0.2, 0) is 9.53 Å². The van der Waals surface area contributed by atoms with Crippen LogP contribution < -0.4 is 10.2 Å². The number of anilines is 1. The van der Waals surface area contributed by atoms with Gasteiger partial charge in [-0.15, -0.1) is 11.3 Å². The van der Waals surface area contributed by atoms with Crippen LogP contribution in [0.4, 0.5) is 5.69 Å². The minimum atomic E-state index is -0.364. The highest BCUT2D eigenvalue weighted by Crippen LogP contribution is 2.35. The Bertz CT molecular complexity index is 1160. The van der Waals surface area contributed by atoms with Crippen LogP contribution in [0.3, 0.4) is 0 Å². The number of rotatable bonds is 8. The van der Waals surface area contributed by atoms with E-state index in [-0.39, 0.29) is 11.5 Å². The number of hydrogen-bond acceptors (Lipinski definition) is 5. The number of fused-ring (bicyclic) bond motifs is 1. The molecule has 1 amide bonds. The fourth-order valence-electron chi connectivity index (χ4n) is 3.26. The van der Waals surface area contributed by atoms with E-state index in [9.17, 15) is 10.1 Å². The number of benzene rings is 2. The Balaban J connectivity index is 1.84. The Hall–Kier alpha value is -3.14. The Morgan fingerprint density at radius 2 is 1.87 bits per heavy atom. The van der Waals surface area contributed by atoms with Crippen LogP contribution in [0.2, 0.25) is 0 Å². The monoisotopic (exact) mass is 433 g/mol. The lowest BCUT2D eigenvalue weighted by atomic mass is 10.0. The van der Waals surface area contributed by atoms with Crippen LogP contribution >= 0.6 is 11.3 Å². The van der Waals surface area contributed by atoms with E-state index in [1.165, 1.54) is 16.5 Å². The van der Waals surface area contributed by atoms with Gasteiger partial charge in [-0.25, -0.2) is 0 Å². The molecule has 1 aromatic heterocycles. The summed E-state index contributed by atoms with van der Waals surface area (Å²) in [6.45, 7) is 5.13. The van der Waals surface area contributed by atoms with Gasteiger partial charge < -0.3 is 15.0 Å². The van der Waals surface area contributed by atoms with Gasteiger partial charge in [0.25, 0.3) is 5.91 Å². The molecule has 0 fully saturated rings. The third-order valence-electron chi connectivity index (χ3n) is 5.05. The molecule has 0 saturated heterocycles. The predicted molar refractivity (Wildman–Crippen MR) is 129 cm³/mol.